The third kappa shape index (κ3) is 5.77. The molecule has 5 nitrogen and oxygen atoms in total. The van der Waals surface area contributed by atoms with Crippen molar-refractivity contribution in [2.24, 2.45) is 9.98 Å². The van der Waals surface area contributed by atoms with Crippen molar-refractivity contribution in [2.75, 3.05) is 5.32 Å². The largest absolute Gasteiger partial charge is 0.478 e. The molecule has 2 aromatic carbocycles. The number of anilines is 1. The standard InChI is InChI=1S/C23H25N3O2/c1-5-14-24-17(4)22(25-20-12-10-16(3)11-13-20)26-21(6-2)18-8-7-9-19(15-18)23(27)28/h5-15H,1-4H3,(H,25,26)(H,27,28)/b14-5-,21-6-,24-17?. The van der Waals surface area contributed by atoms with Crippen LogP contribution in [0.25, 0.3) is 5.70 Å². The second-order valence-corrected chi connectivity index (χ2v) is 6.21. The molecule has 2 aromatic rings. The van der Waals surface area contributed by atoms with Crippen LogP contribution in [0.1, 0.15) is 42.3 Å². The second-order valence-electron chi connectivity index (χ2n) is 6.21. The average molecular weight is 375 g/mol. The van der Waals surface area contributed by atoms with Crippen LogP contribution >= 0.6 is 0 Å². The molecule has 2 rings (SSSR count). The maximum Gasteiger partial charge on any atom is 0.335 e. The molecule has 0 radical (unpaired) electrons. The Hall–Kier alpha value is -3.47. The number of benzene rings is 2. The second kappa shape index (κ2) is 10.0. The van der Waals surface area contributed by atoms with E-state index in [0.29, 0.717) is 17.2 Å². The molecule has 0 saturated heterocycles. The molecule has 0 spiro atoms. The summed E-state index contributed by atoms with van der Waals surface area (Å²) in [5.74, 6) is -0.374. The molecule has 0 saturated carbocycles. The van der Waals surface area contributed by atoms with Crippen molar-refractivity contribution in [3.8, 4) is 0 Å². The lowest BCUT2D eigenvalue weighted by Gasteiger charge is -2.12. The molecule has 5 heteroatoms. The minimum absolute atomic E-state index is 0.222. The Morgan fingerprint density at radius 1 is 1.07 bits per heavy atom. The van der Waals surface area contributed by atoms with Crippen LogP contribution in [0.5, 0.6) is 0 Å². The maximum absolute atomic E-state index is 11.3. The summed E-state index contributed by atoms with van der Waals surface area (Å²) >= 11 is 0. The van der Waals surface area contributed by atoms with Gasteiger partial charge < -0.3 is 10.4 Å². The Morgan fingerprint density at radius 2 is 1.75 bits per heavy atom. The Labute approximate surface area is 165 Å². The Kier molecular flexibility index (Phi) is 7.45. The van der Waals surface area contributed by atoms with E-state index in [2.05, 4.69) is 10.3 Å². The summed E-state index contributed by atoms with van der Waals surface area (Å²) in [4.78, 5) is 20.4. The number of hydrogen-bond acceptors (Lipinski definition) is 3. The predicted molar refractivity (Wildman–Crippen MR) is 117 cm³/mol. The van der Waals surface area contributed by atoms with Crippen LogP contribution in [-0.2, 0) is 0 Å². The molecule has 28 heavy (non-hydrogen) atoms. The van der Waals surface area contributed by atoms with Gasteiger partial charge in [-0.05, 0) is 52.0 Å². The topological polar surface area (TPSA) is 74.0 Å². The van der Waals surface area contributed by atoms with E-state index in [0.717, 1.165) is 11.3 Å². The Bertz CT molecular complexity index is 952. The lowest BCUT2D eigenvalue weighted by Crippen LogP contribution is -2.21. The van der Waals surface area contributed by atoms with E-state index in [1.54, 1.807) is 24.4 Å². The number of carbonyl (C=O) groups is 1. The number of amidine groups is 1. The summed E-state index contributed by atoms with van der Waals surface area (Å²) in [6.07, 6.45) is 5.41. The molecular weight excluding hydrogens is 350 g/mol. The van der Waals surface area contributed by atoms with Crippen LogP contribution in [0.15, 0.2) is 76.9 Å². The van der Waals surface area contributed by atoms with Crippen LogP contribution in [0.3, 0.4) is 0 Å². The fourth-order valence-corrected chi connectivity index (χ4v) is 2.45. The van der Waals surface area contributed by atoms with Crippen molar-refractivity contribution < 1.29 is 9.90 Å². The van der Waals surface area contributed by atoms with Crippen LogP contribution in [0.4, 0.5) is 5.69 Å². The first-order valence-corrected chi connectivity index (χ1v) is 9.03. The van der Waals surface area contributed by atoms with Gasteiger partial charge in [0.25, 0.3) is 0 Å². The summed E-state index contributed by atoms with van der Waals surface area (Å²) in [6, 6.07) is 14.7. The molecule has 2 N–H and O–H groups in total. The lowest BCUT2D eigenvalue weighted by atomic mass is 10.1. The van der Waals surface area contributed by atoms with Crippen molar-refractivity contribution in [1.29, 1.82) is 0 Å². The zero-order valence-corrected chi connectivity index (χ0v) is 16.6. The number of hydrogen-bond donors (Lipinski definition) is 2. The predicted octanol–water partition coefficient (Wildman–Crippen LogP) is 5.56. The first-order valence-electron chi connectivity index (χ1n) is 9.03. The minimum atomic E-state index is -0.967. The number of nitrogens with one attached hydrogen (secondary N) is 1. The van der Waals surface area contributed by atoms with Gasteiger partial charge in [-0.25, -0.2) is 9.79 Å². The van der Waals surface area contributed by atoms with Crippen LogP contribution in [0, 0.1) is 6.92 Å². The highest BCUT2D eigenvalue weighted by molar-refractivity contribution is 6.45. The van der Waals surface area contributed by atoms with Gasteiger partial charge in [0.2, 0.25) is 0 Å². The van der Waals surface area contributed by atoms with E-state index in [1.807, 2.05) is 70.2 Å². The van der Waals surface area contributed by atoms with Gasteiger partial charge in [-0.2, -0.15) is 0 Å². The fourth-order valence-electron chi connectivity index (χ4n) is 2.45. The monoisotopic (exact) mass is 375 g/mol. The number of rotatable bonds is 6. The van der Waals surface area contributed by atoms with Gasteiger partial charge in [0.15, 0.2) is 5.84 Å². The number of nitrogens with zero attached hydrogens (tertiary/aromatic N) is 2. The molecule has 0 aliphatic carbocycles. The van der Waals surface area contributed by atoms with Crippen molar-refractivity contribution in [1.82, 2.24) is 0 Å². The van der Waals surface area contributed by atoms with E-state index < -0.39 is 5.97 Å². The van der Waals surface area contributed by atoms with Crippen LogP contribution < -0.4 is 5.32 Å². The molecule has 0 aromatic heterocycles. The molecule has 0 bridgehead atoms. The van der Waals surface area contributed by atoms with Gasteiger partial charge in [-0.1, -0.05) is 42.0 Å². The molecular formula is C23H25N3O2. The summed E-state index contributed by atoms with van der Waals surface area (Å²) < 4.78 is 0. The third-order valence-electron chi connectivity index (χ3n) is 3.99. The highest BCUT2D eigenvalue weighted by Gasteiger charge is 2.10. The first kappa shape index (κ1) is 20.8. The smallest absolute Gasteiger partial charge is 0.335 e. The summed E-state index contributed by atoms with van der Waals surface area (Å²) in [7, 11) is 0. The molecule has 0 amide bonds. The van der Waals surface area contributed by atoms with Gasteiger partial charge in [0.1, 0.15) is 0 Å². The average Bonchev–Trinajstić information content (AvgIpc) is 2.70. The van der Waals surface area contributed by atoms with Gasteiger partial charge >= 0.3 is 5.97 Å². The van der Waals surface area contributed by atoms with E-state index in [1.165, 1.54) is 5.56 Å². The molecule has 144 valence electrons. The van der Waals surface area contributed by atoms with Crippen LogP contribution in [0.2, 0.25) is 0 Å². The van der Waals surface area contributed by atoms with Gasteiger partial charge in [-0.3, -0.25) is 4.99 Å². The number of allylic oxidation sites excluding steroid dienone is 2. The SMILES string of the molecule is C/C=C\N=C(C)C(=N/C(=C\C)c1cccc(C(=O)O)c1)Nc1ccc(C)cc1. The highest BCUT2D eigenvalue weighted by Crippen LogP contribution is 2.19. The number of aromatic carboxylic acids is 1. The highest BCUT2D eigenvalue weighted by atomic mass is 16.4. The van der Waals surface area contributed by atoms with Crippen molar-refractivity contribution in [3.63, 3.8) is 0 Å². The van der Waals surface area contributed by atoms with Gasteiger partial charge in [0, 0.05) is 17.5 Å². The molecule has 0 fully saturated rings. The molecule has 0 aliphatic heterocycles. The quantitative estimate of drug-likeness (QED) is 0.513. The normalized spacial score (nSPS) is 13.1. The van der Waals surface area contributed by atoms with Crippen molar-refractivity contribution >= 4 is 28.9 Å². The minimum Gasteiger partial charge on any atom is -0.478 e. The molecule has 0 unspecified atom stereocenters. The van der Waals surface area contributed by atoms with Crippen molar-refractivity contribution in [3.05, 3.63) is 83.6 Å². The van der Waals surface area contributed by atoms with E-state index in [-0.39, 0.29) is 5.56 Å². The molecule has 0 heterocycles. The maximum atomic E-state index is 11.3. The lowest BCUT2D eigenvalue weighted by molar-refractivity contribution is 0.0697. The molecule has 0 atom stereocenters. The Balaban J connectivity index is 2.47. The first-order chi connectivity index (χ1) is 13.4. The summed E-state index contributed by atoms with van der Waals surface area (Å²) in [5.41, 5.74) is 4.39. The Morgan fingerprint density at radius 3 is 2.36 bits per heavy atom. The van der Waals surface area contributed by atoms with Crippen molar-refractivity contribution in [2.45, 2.75) is 27.7 Å². The summed E-state index contributed by atoms with van der Waals surface area (Å²) in [5, 5.41) is 12.6. The number of aliphatic imine (C=N–C) groups is 2. The number of carboxylic acid groups (broad SMARTS) is 1. The molecule has 0 aliphatic rings. The zero-order chi connectivity index (χ0) is 20.5. The number of aryl methyl sites for hydroxylation is 1. The van der Waals surface area contributed by atoms with Crippen LogP contribution in [-0.4, -0.2) is 22.6 Å². The van der Waals surface area contributed by atoms with Gasteiger partial charge in [0.05, 0.1) is 17.0 Å². The third-order valence-corrected chi connectivity index (χ3v) is 3.99. The van der Waals surface area contributed by atoms with E-state index in [4.69, 9.17) is 4.99 Å². The van der Waals surface area contributed by atoms with Gasteiger partial charge in [-0.15, -0.1) is 0 Å². The summed E-state index contributed by atoms with van der Waals surface area (Å²) in [6.45, 7) is 7.68. The van der Waals surface area contributed by atoms with E-state index in [9.17, 15) is 9.90 Å². The zero-order valence-electron chi connectivity index (χ0n) is 16.6. The number of carboxylic acids is 1. The fraction of sp³-hybridized carbons (Fsp3) is 0.174. The van der Waals surface area contributed by atoms with E-state index >= 15 is 0 Å².